The van der Waals surface area contributed by atoms with E-state index < -0.39 is 0 Å². The minimum absolute atomic E-state index is 0. The first-order valence-corrected chi connectivity index (χ1v) is 3.70. The van der Waals surface area contributed by atoms with Crippen LogP contribution in [0.3, 0.4) is 0 Å². The van der Waals surface area contributed by atoms with E-state index in [2.05, 4.69) is 9.97 Å². The first kappa shape index (κ1) is 11.4. The molecule has 0 N–H and O–H groups in total. The first-order chi connectivity index (χ1) is 6.00. The summed E-state index contributed by atoms with van der Waals surface area (Å²) in [6.07, 6.45) is 7.00. The molecule has 0 saturated heterocycles. The molecule has 0 spiro atoms. The second-order valence-corrected chi connectivity index (χ2v) is 2.05. The van der Waals surface area contributed by atoms with Crippen LogP contribution in [-0.4, -0.2) is 18.4 Å². The van der Waals surface area contributed by atoms with Crippen molar-refractivity contribution in [1.82, 2.24) is 9.97 Å². The second-order valence-electron chi connectivity index (χ2n) is 2.05. The van der Waals surface area contributed by atoms with Crippen LogP contribution in [0, 0.1) is 0 Å². The van der Waals surface area contributed by atoms with Gasteiger partial charge >= 0.3 is 0 Å². The van der Waals surface area contributed by atoms with E-state index in [1.165, 1.54) is 0 Å². The van der Waals surface area contributed by atoms with Gasteiger partial charge in [-0.15, -0.1) is 0 Å². The zero-order valence-electron chi connectivity index (χ0n) is 7.25. The van der Waals surface area contributed by atoms with Gasteiger partial charge in [0.2, 0.25) is 0 Å². The van der Waals surface area contributed by atoms with Crippen molar-refractivity contribution in [3.63, 3.8) is 0 Å². The summed E-state index contributed by atoms with van der Waals surface area (Å²) < 4.78 is 0. The number of hydrogen-bond donors (Lipinski definition) is 0. The van der Waals surface area contributed by atoms with Gasteiger partial charge in [-0.25, -0.2) is 0 Å². The predicted molar refractivity (Wildman–Crippen MR) is 54.2 cm³/mol. The molecule has 2 aromatic heterocycles. The molecule has 2 heterocycles. The van der Waals surface area contributed by atoms with Crippen LogP contribution in [-0.2, 0) is 0 Å². The molecule has 63 valence electrons. The first-order valence-electron chi connectivity index (χ1n) is 3.70. The maximum absolute atomic E-state index is 3.78. The number of nitrogens with zero attached hydrogens (tertiary/aromatic N) is 2. The summed E-state index contributed by atoms with van der Waals surface area (Å²) in [4.78, 5) is 7.57. The van der Waals surface area contributed by atoms with E-state index in [1.54, 1.807) is 24.8 Å². The minimum atomic E-state index is 0. The van der Waals surface area contributed by atoms with Crippen molar-refractivity contribution in [2.24, 2.45) is 0 Å². The molecule has 2 rings (SSSR count). The maximum atomic E-state index is 3.78. The minimum Gasteiger partial charge on any atom is -0.265 e. The van der Waals surface area contributed by atoms with E-state index in [4.69, 9.17) is 0 Å². The maximum Gasteiger partial charge on any atom is 0.0267 e. The molecule has 3 radical (unpaired) electrons. The quantitative estimate of drug-likeness (QED) is 0.561. The molecule has 2 aromatic rings. The van der Waals surface area contributed by atoms with Crippen molar-refractivity contribution < 1.29 is 0 Å². The number of pyridine rings is 2. The van der Waals surface area contributed by atoms with Crippen LogP contribution in [0.15, 0.2) is 61.2 Å². The van der Waals surface area contributed by atoms with Gasteiger partial charge in [0, 0.05) is 33.2 Å². The number of aromatic nitrogens is 2. The Morgan fingerprint density at radius 2 is 0.769 bits per heavy atom. The zero-order chi connectivity index (χ0) is 8.49. The van der Waals surface area contributed by atoms with Crippen LogP contribution in [0.25, 0.3) is 0 Å². The Kier molecular flexibility index (Phi) is 7.40. The van der Waals surface area contributed by atoms with Gasteiger partial charge < -0.3 is 0 Å². The molecular formula is C10H10BN2. The molecule has 13 heavy (non-hydrogen) atoms. The van der Waals surface area contributed by atoms with Crippen molar-refractivity contribution in [2.45, 2.75) is 0 Å². The number of rotatable bonds is 0. The molecule has 0 atom stereocenters. The highest BCUT2D eigenvalue weighted by molar-refractivity contribution is 5.75. The largest absolute Gasteiger partial charge is 0.265 e. The van der Waals surface area contributed by atoms with Gasteiger partial charge in [-0.2, -0.15) is 0 Å². The molecule has 0 aliphatic rings. The Morgan fingerprint density at radius 1 is 0.462 bits per heavy atom. The highest BCUT2D eigenvalue weighted by Crippen LogP contribution is 1.74. The van der Waals surface area contributed by atoms with Crippen LogP contribution < -0.4 is 0 Å². The molecular weight excluding hydrogens is 159 g/mol. The molecule has 0 aliphatic heterocycles. The van der Waals surface area contributed by atoms with Gasteiger partial charge in [0.25, 0.3) is 0 Å². The lowest BCUT2D eigenvalue weighted by atomic mass is 10.5. The predicted octanol–water partition coefficient (Wildman–Crippen LogP) is 1.78. The van der Waals surface area contributed by atoms with Crippen LogP contribution in [0.2, 0.25) is 0 Å². The molecule has 0 bridgehead atoms. The topological polar surface area (TPSA) is 25.8 Å². The van der Waals surface area contributed by atoms with Crippen LogP contribution in [0.4, 0.5) is 0 Å². The molecule has 2 nitrogen and oxygen atoms in total. The normalized spacial score (nSPS) is 7.38. The van der Waals surface area contributed by atoms with Gasteiger partial charge in [-0.05, 0) is 24.3 Å². The molecule has 0 unspecified atom stereocenters. The Hall–Kier alpha value is -1.64. The fraction of sp³-hybridized carbons (Fsp3) is 0. The summed E-state index contributed by atoms with van der Waals surface area (Å²) in [5, 5.41) is 0. The fourth-order valence-electron chi connectivity index (χ4n) is 0.625. The third kappa shape index (κ3) is 6.75. The summed E-state index contributed by atoms with van der Waals surface area (Å²) in [5.74, 6) is 0. The summed E-state index contributed by atoms with van der Waals surface area (Å²) in [7, 11) is 0. The molecule has 0 aliphatic carbocycles. The van der Waals surface area contributed by atoms with Gasteiger partial charge in [0.05, 0.1) is 0 Å². The summed E-state index contributed by atoms with van der Waals surface area (Å²) in [6, 6.07) is 11.4. The average molecular weight is 169 g/mol. The van der Waals surface area contributed by atoms with Crippen molar-refractivity contribution >= 4 is 8.41 Å². The summed E-state index contributed by atoms with van der Waals surface area (Å²) in [5.41, 5.74) is 0. The molecule has 0 fully saturated rings. The smallest absolute Gasteiger partial charge is 0.0267 e. The Bertz CT molecular complexity index is 188. The van der Waals surface area contributed by atoms with E-state index in [-0.39, 0.29) is 8.41 Å². The Morgan fingerprint density at radius 3 is 0.846 bits per heavy atom. The van der Waals surface area contributed by atoms with Crippen LogP contribution >= 0.6 is 0 Å². The standard InChI is InChI=1S/2C5H5N.B/c2*1-2-4-6-5-3-1;/h2*1-5H;. The lowest BCUT2D eigenvalue weighted by Crippen LogP contribution is -1.58. The molecule has 3 heteroatoms. The van der Waals surface area contributed by atoms with Crippen molar-refractivity contribution in [2.75, 3.05) is 0 Å². The third-order valence-corrected chi connectivity index (χ3v) is 1.13. The monoisotopic (exact) mass is 169 g/mol. The van der Waals surface area contributed by atoms with E-state index in [1.807, 2.05) is 36.4 Å². The van der Waals surface area contributed by atoms with Gasteiger partial charge in [0.1, 0.15) is 0 Å². The fourth-order valence-corrected chi connectivity index (χ4v) is 0.625. The zero-order valence-corrected chi connectivity index (χ0v) is 7.25. The lowest BCUT2D eigenvalue weighted by Gasteiger charge is -1.70. The van der Waals surface area contributed by atoms with E-state index in [0.29, 0.717) is 0 Å². The van der Waals surface area contributed by atoms with Gasteiger partial charge in [0.15, 0.2) is 0 Å². The summed E-state index contributed by atoms with van der Waals surface area (Å²) in [6.45, 7) is 0. The van der Waals surface area contributed by atoms with E-state index in [9.17, 15) is 0 Å². The Balaban J connectivity index is 0.000000206. The van der Waals surface area contributed by atoms with Gasteiger partial charge in [-0.3, -0.25) is 9.97 Å². The van der Waals surface area contributed by atoms with E-state index in [0.717, 1.165) is 0 Å². The van der Waals surface area contributed by atoms with Gasteiger partial charge in [-0.1, -0.05) is 12.1 Å². The SMILES string of the molecule is [B].c1ccncc1.c1ccncc1. The highest BCUT2D eigenvalue weighted by atomic mass is 14.6. The average Bonchev–Trinajstić information content (AvgIpc) is 2.24. The molecule has 0 aromatic carbocycles. The van der Waals surface area contributed by atoms with E-state index >= 15 is 0 Å². The van der Waals surface area contributed by atoms with Crippen LogP contribution in [0.1, 0.15) is 0 Å². The Labute approximate surface area is 80.3 Å². The highest BCUT2D eigenvalue weighted by Gasteiger charge is 1.59. The van der Waals surface area contributed by atoms with Crippen LogP contribution in [0.5, 0.6) is 0 Å². The van der Waals surface area contributed by atoms with Crippen molar-refractivity contribution in [1.29, 1.82) is 0 Å². The number of hydrogen-bond acceptors (Lipinski definition) is 2. The van der Waals surface area contributed by atoms with Crippen molar-refractivity contribution in [3.05, 3.63) is 61.2 Å². The lowest BCUT2D eigenvalue weighted by molar-refractivity contribution is 1.33. The molecule has 0 saturated carbocycles. The summed E-state index contributed by atoms with van der Waals surface area (Å²) >= 11 is 0. The second kappa shape index (κ2) is 8.46. The third-order valence-electron chi connectivity index (χ3n) is 1.13. The molecule has 0 amide bonds. The van der Waals surface area contributed by atoms with Crippen molar-refractivity contribution in [3.8, 4) is 0 Å².